The quantitative estimate of drug-likeness (QED) is 0.631. The van der Waals surface area contributed by atoms with Gasteiger partial charge in [0.15, 0.2) is 23.1 Å². The first-order chi connectivity index (χ1) is 8.97. The number of nitrogens with zero attached hydrogens (tertiary/aromatic N) is 4. The molecule has 0 radical (unpaired) electrons. The van der Waals surface area contributed by atoms with E-state index in [9.17, 15) is 15.0 Å². The number of hydrogen-bond acceptors (Lipinski definition) is 6. The maximum atomic E-state index is 11.9. The van der Waals surface area contributed by atoms with Crippen molar-refractivity contribution in [1.29, 1.82) is 0 Å². The monoisotopic (exact) mass is 262 g/mol. The Balaban J connectivity index is 2.13. The Kier molecular flexibility index (Phi) is 3.46. The van der Waals surface area contributed by atoms with Gasteiger partial charge in [0.2, 0.25) is 0 Å². The summed E-state index contributed by atoms with van der Waals surface area (Å²) in [6.07, 6.45) is -0.00304. The van der Waals surface area contributed by atoms with Crippen molar-refractivity contribution in [1.82, 2.24) is 20.2 Å². The zero-order chi connectivity index (χ0) is 14.0. The van der Waals surface area contributed by atoms with E-state index in [0.29, 0.717) is 5.82 Å². The highest BCUT2D eigenvalue weighted by Crippen LogP contribution is 2.25. The van der Waals surface area contributed by atoms with Crippen molar-refractivity contribution < 1.29 is 15.0 Å². The van der Waals surface area contributed by atoms with E-state index in [1.807, 2.05) is 13.8 Å². The first-order valence-electron chi connectivity index (χ1n) is 5.81. The molecule has 2 aromatic rings. The molecule has 0 saturated heterocycles. The number of aromatic nitrogens is 4. The summed E-state index contributed by atoms with van der Waals surface area (Å²) in [5.41, 5.74) is 0.288. The van der Waals surface area contributed by atoms with Gasteiger partial charge < -0.3 is 10.2 Å². The largest absolute Gasteiger partial charge is 0.504 e. The fourth-order valence-corrected chi connectivity index (χ4v) is 1.49. The van der Waals surface area contributed by atoms with Crippen molar-refractivity contribution in [2.75, 3.05) is 0 Å². The molecule has 1 aromatic heterocycles. The fraction of sp³-hybridized carbons (Fsp3) is 0.333. The van der Waals surface area contributed by atoms with Gasteiger partial charge in [0, 0.05) is 5.56 Å². The van der Waals surface area contributed by atoms with Crippen LogP contribution in [0.5, 0.6) is 11.5 Å². The van der Waals surface area contributed by atoms with Gasteiger partial charge in [0.05, 0.1) is 12.5 Å². The number of Topliss-reactive ketones (excluding diaryl/α,β-unsaturated/α-hetero) is 1. The van der Waals surface area contributed by atoms with E-state index in [1.54, 1.807) is 0 Å². The van der Waals surface area contributed by atoms with Crippen molar-refractivity contribution in [2.24, 2.45) is 0 Å². The number of phenolic OH excluding ortho intramolecular Hbond substituents is 2. The molecule has 0 fully saturated rings. The Morgan fingerprint density at radius 2 is 2.05 bits per heavy atom. The first kappa shape index (κ1) is 13.0. The van der Waals surface area contributed by atoms with Gasteiger partial charge >= 0.3 is 0 Å². The lowest BCUT2D eigenvalue weighted by molar-refractivity contribution is 0.0990. The van der Waals surface area contributed by atoms with Gasteiger partial charge in [-0.15, -0.1) is 10.2 Å². The highest BCUT2D eigenvalue weighted by Gasteiger charge is 2.14. The van der Waals surface area contributed by atoms with Crippen LogP contribution in [-0.4, -0.2) is 36.2 Å². The number of aromatic hydroxyl groups is 2. The fourth-order valence-electron chi connectivity index (χ4n) is 1.49. The smallest absolute Gasteiger partial charge is 0.182 e. The van der Waals surface area contributed by atoms with Gasteiger partial charge in [-0.2, -0.15) is 4.80 Å². The number of phenols is 2. The van der Waals surface area contributed by atoms with Gasteiger partial charge in [-0.1, -0.05) is 0 Å². The molecule has 0 aliphatic rings. The molecule has 1 aromatic carbocycles. The zero-order valence-corrected chi connectivity index (χ0v) is 10.6. The Bertz CT molecular complexity index is 607. The third-order valence-electron chi connectivity index (χ3n) is 2.55. The van der Waals surface area contributed by atoms with Gasteiger partial charge in [-0.25, -0.2) is 0 Å². The number of carbonyl (C=O) groups excluding carboxylic acids is 1. The van der Waals surface area contributed by atoms with Crippen LogP contribution in [0.25, 0.3) is 0 Å². The summed E-state index contributed by atoms with van der Waals surface area (Å²) in [6, 6.07) is 3.99. The minimum atomic E-state index is -0.329. The molecule has 2 rings (SSSR count). The standard InChI is InChI=1S/C12H14N4O3/c1-7(2)16-14-12(13-15-16)6-10(18)8-3-4-9(17)11(19)5-8/h3-5,7,17,19H,6H2,1-2H3. The van der Waals surface area contributed by atoms with Crippen LogP contribution in [0.2, 0.25) is 0 Å². The highest BCUT2D eigenvalue weighted by molar-refractivity contribution is 5.97. The molecule has 19 heavy (non-hydrogen) atoms. The lowest BCUT2D eigenvalue weighted by Crippen LogP contribution is -2.07. The molecule has 0 aliphatic carbocycles. The van der Waals surface area contributed by atoms with E-state index in [2.05, 4.69) is 15.4 Å². The van der Waals surface area contributed by atoms with Crippen molar-refractivity contribution in [3.05, 3.63) is 29.6 Å². The van der Waals surface area contributed by atoms with Crippen molar-refractivity contribution in [3.8, 4) is 11.5 Å². The summed E-state index contributed by atoms with van der Waals surface area (Å²) >= 11 is 0. The minimum Gasteiger partial charge on any atom is -0.504 e. The molecule has 0 saturated carbocycles. The van der Waals surface area contributed by atoms with Crippen LogP contribution in [0.3, 0.4) is 0 Å². The first-order valence-corrected chi connectivity index (χ1v) is 5.81. The Morgan fingerprint density at radius 3 is 2.63 bits per heavy atom. The molecule has 1 heterocycles. The normalized spacial score (nSPS) is 10.9. The second kappa shape index (κ2) is 5.05. The molecular weight excluding hydrogens is 248 g/mol. The Hall–Kier alpha value is -2.44. The summed E-state index contributed by atoms with van der Waals surface area (Å²) in [5.74, 6) is -0.519. The van der Waals surface area contributed by atoms with E-state index in [-0.39, 0.29) is 35.3 Å². The molecule has 0 spiro atoms. The Labute approximate surface area is 109 Å². The average molecular weight is 262 g/mol. The SMILES string of the molecule is CC(C)n1nnc(CC(=O)c2ccc(O)c(O)c2)n1. The molecule has 2 N–H and O–H groups in total. The van der Waals surface area contributed by atoms with Gasteiger partial charge in [0.1, 0.15) is 0 Å². The lowest BCUT2D eigenvalue weighted by Gasteiger charge is -2.01. The maximum absolute atomic E-state index is 11.9. The van der Waals surface area contributed by atoms with Crippen LogP contribution in [0.4, 0.5) is 0 Å². The van der Waals surface area contributed by atoms with Crippen LogP contribution in [0.1, 0.15) is 36.1 Å². The molecule has 0 bridgehead atoms. The summed E-state index contributed by atoms with van der Waals surface area (Å²) in [6.45, 7) is 3.82. The van der Waals surface area contributed by atoms with Crippen molar-refractivity contribution in [3.63, 3.8) is 0 Å². The van der Waals surface area contributed by atoms with E-state index in [0.717, 1.165) is 0 Å². The second-order valence-electron chi connectivity index (χ2n) is 4.42. The van der Waals surface area contributed by atoms with Crippen LogP contribution in [-0.2, 0) is 6.42 Å². The number of carbonyl (C=O) groups is 1. The summed E-state index contributed by atoms with van der Waals surface area (Å²) in [5, 5.41) is 30.2. The minimum absolute atomic E-state index is 0.00304. The van der Waals surface area contributed by atoms with Gasteiger partial charge in [-0.3, -0.25) is 4.79 Å². The van der Waals surface area contributed by atoms with E-state index in [4.69, 9.17) is 0 Å². The predicted molar refractivity (Wildman–Crippen MR) is 66.0 cm³/mol. The third-order valence-corrected chi connectivity index (χ3v) is 2.55. The lowest BCUT2D eigenvalue weighted by atomic mass is 10.1. The molecule has 0 aliphatic heterocycles. The van der Waals surface area contributed by atoms with Gasteiger partial charge in [0.25, 0.3) is 0 Å². The van der Waals surface area contributed by atoms with Crippen molar-refractivity contribution >= 4 is 5.78 Å². The number of rotatable bonds is 4. The zero-order valence-electron chi connectivity index (χ0n) is 10.6. The van der Waals surface area contributed by atoms with E-state index >= 15 is 0 Å². The third kappa shape index (κ3) is 2.87. The van der Waals surface area contributed by atoms with Crippen LogP contribution < -0.4 is 0 Å². The average Bonchev–Trinajstić information content (AvgIpc) is 2.81. The van der Waals surface area contributed by atoms with E-state index in [1.165, 1.54) is 23.0 Å². The second-order valence-corrected chi connectivity index (χ2v) is 4.42. The van der Waals surface area contributed by atoms with Crippen LogP contribution in [0.15, 0.2) is 18.2 Å². The molecule has 7 heteroatoms. The Morgan fingerprint density at radius 1 is 1.32 bits per heavy atom. The predicted octanol–water partition coefficient (Wildman–Crippen LogP) is 1.09. The van der Waals surface area contributed by atoms with Crippen LogP contribution >= 0.6 is 0 Å². The molecule has 100 valence electrons. The van der Waals surface area contributed by atoms with Gasteiger partial charge in [-0.05, 0) is 37.3 Å². The molecule has 0 atom stereocenters. The number of ketones is 1. The topological polar surface area (TPSA) is 101 Å². The summed E-state index contributed by atoms with van der Waals surface area (Å²) in [4.78, 5) is 13.4. The molecule has 0 amide bonds. The van der Waals surface area contributed by atoms with Crippen LogP contribution in [0, 0.1) is 0 Å². The molecule has 0 unspecified atom stereocenters. The summed E-state index contributed by atoms with van der Waals surface area (Å²) in [7, 11) is 0. The van der Waals surface area contributed by atoms with E-state index < -0.39 is 0 Å². The maximum Gasteiger partial charge on any atom is 0.182 e. The summed E-state index contributed by atoms with van der Waals surface area (Å²) < 4.78 is 0. The molecule has 7 nitrogen and oxygen atoms in total. The highest BCUT2D eigenvalue weighted by atomic mass is 16.3. The van der Waals surface area contributed by atoms with Crippen molar-refractivity contribution in [2.45, 2.75) is 26.3 Å². The molecular formula is C12H14N4O3. The number of tetrazole rings is 1. The number of benzene rings is 1. The number of hydrogen-bond donors (Lipinski definition) is 2.